The second-order valence-corrected chi connectivity index (χ2v) is 2.50. The van der Waals surface area contributed by atoms with Crippen LogP contribution >= 0.6 is 0 Å². The zero-order valence-electron chi connectivity index (χ0n) is 7.79. The van der Waals surface area contributed by atoms with Crippen molar-refractivity contribution in [2.45, 2.75) is 6.92 Å². The molecule has 0 saturated heterocycles. The van der Waals surface area contributed by atoms with E-state index in [-0.39, 0.29) is 6.54 Å². The van der Waals surface area contributed by atoms with Crippen molar-refractivity contribution >= 4 is 11.8 Å². The molecule has 0 spiro atoms. The Bertz CT molecular complexity index is 317. The van der Waals surface area contributed by atoms with Crippen molar-refractivity contribution in [1.82, 2.24) is 4.98 Å². The van der Waals surface area contributed by atoms with Crippen molar-refractivity contribution in [3.05, 3.63) is 24.1 Å². The Morgan fingerprint density at radius 1 is 1.64 bits per heavy atom. The largest absolute Gasteiger partial charge is 0.465 e. The van der Waals surface area contributed by atoms with Gasteiger partial charge in [0, 0.05) is 0 Å². The van der Waals surface area contributed by atoms with Crippen LogP contribution < -0.4 is 5.32 Å². The lowest BCUT2D eigenvalue weighted by Crippen LogP contribution is -2.17. The fraction of sp³-hybridized carbons (Fsp3) is 0.333. The van der Waals surface area contributed by atoms with E-state index in [0.29, 0.717) is 12.4 Å². The molecule has 5 heteroatoms. The normalized spacial score (nSPS) is 9.57. The minimum absolute atomic E-state index is 0.00963. The van der Waals surface area contributed by atoms with Crippen molar-refractivity contribution in [1.29, 1.82) is 0 Å². The van der Waals surface area contributed by atoms with Gasteiger partial charge in [-0.15, -0.1) is 0 Å². The van der Waals surface area contributed by atoms with Gasteiger partial charge in [0.1, 0.15) is 12.4 Å². The van der Waals surface area contributed by atoms with E-state index >= 15 is 0 Å². The van der Waals surface area contributed by atoms with Gasteiger partial charge in [-0.25, -0.2) is 4.98 Å². The lowest BCUT2D eigenvalue weighted by atomic mass is 10.4. The van der Waals surface area contributed by atoms with Crippen LogP contribution in [-0.2, 0) is 9.53 Å². The summed E-state index contributed by atoms with van der Waals surface area (Å²) in [7, 11) is 0. The van der Waals surface area contributed by atoms with Gasteiger partial charge in [-0.3, -0.25) is 4.79 Å². The number of hydrogen-bond donors (Lipinski definition) is 1. The Balaban J connectivity index is 2.41. The Morgan fingerprint density at radius 2 is 2.43 bits per heavy atom. The molecule has 1 aromatic heterocycles. The first-order valence-corrected chi connectivity index (χ1v) is 4.24. The van der Waals surface area contributed by atoms with Crippen LogP contribution in [0.15, 0.2) is 18.2 Å². The third-order valence-corrected chi connectivity index (χ3v) is 1.43. The monoisotopic (exact) mass is 198 g/mol. The number of pyridine rings is 1. The van der Waals surface area contributed by atoms with E-state index < -0.39 is 11.9 Å². The third-order valence-electron chi connectivity index (χ3n) is 1.43. The van der Waals surface area contributed by atoms with Crippen LogP contribution in [0.2, 0.25) is 0 Å². The topological polar surface area (TPSA) is 51.2 Å². The second kappa shape index (κ2) is 5.16. The minimum Gasteiger partial charge on any atom is -0.465 e. The van der Waals surface area contributed by atoms with E-state index in [1.54, 1.807) is 13.0 Å². The maximum atomic E-state index is 12.6. The standard InChI is InChI=1S/C9H11FN2O2/c1-2-14-9(13)6-11-8-5-3-4-7(10)12-8/h3-5H,2,6H2,1H3,(H,11,12). The van der Waals surface area contributed by atoms with Gasteiger partial charge in [0.2, 0.25) is 5.95 Å². The molecule has 0 aliphatic heterocycles. The Kier molecular flexibility index (Phi) is 3.84. The summed E-state index contributed by atoms with van der Waals surface area (Å²) in [5.41, 5.74) is 0. The molecule has 0 saturated carbocycles. The summed E-state index contributed by atoms with van der Waals surface area (Å²) in [5.74, 6) is -0.657. The summed E-state index contributed by atoms with van der Waals surface area (Å²) in [6.45, 7) is 2.04. The fourth-order valence-corrected chi connectivity index (χ4v) is 0.881. The zero-order chi connectivity index (χ0) is 10.4. The average Bonchev–Trinajstić information content (AvgIpc) is 2.15. The molecule has 0 aliphatic rings. The van der Waals surface area contributed by atoms with E-state index in [1.807, 2.05) is 0 Å². The van der Waals surface area contributed by atoms with E-state index in [4.69, 9.17) is 0 Å². The molecule has 0 fully saturated rings. The van der Waals surface area contributed by atoms with Crippen molar-refractivity contribution in [2.75, 3.05) is 18.5 Å². The molecule has 0 unspecified atom stereocenters. The summed E-state index contributed by atoms with van der Waals surface area (Å²) >= 11 is 0. The summed E-state index contributed by atoms with van der Waals surface area (Å²) < 4.78 is 17.2. The number of nitrogens with zero attached hydrogens (tertiary/aromatic N) is 1. The molecule has 1 aromatic rings. The van der Waals surface area contributed by atoms with Crippen LogP contribution in [0.5, 0.6) is 0 Å². The Morgan fingerprint density at radius 3 is 3.07 bits per heavy atom. The van der Waals surface area contributed by atoms with E-state index in [2.05, 4.69) is 15.0 Å². The molecule has 0 atom stereocenters. The number of nitrogens with one attached hydrogen (secondary N) is 1. The van der Waals surface area contributed by atoms with E-state index in [0.717, 1.165) is 0 Å². The van der Waals surface area contributed by atoms with Gasteiger partial charge in [0.15, 0.2) is 0 Å². The van der Waals surface area contributed by atoms with Crippen molar-refractivity contribution in [2.24, 2.45) is 0 Å². The maximum absolute atomic E-state index is 12.6. The number of aromatic nitrogens is 1. The number of carbonyl (C=O) groups is 1. The van der Waals surface area contributed by atoms with Crippen molar-refractivity contribution < 1.29 is 13.9 Å². The molecular formula is C9H11FN2O2. The molecule has 0 amide bonds. The van der Waals surface area contributed by atoms with Crippen molar-refractivity contribution in [3.8, 4) is 0 Å². The Labute approximate surface area is 81.1 Å². The van der Waals surface area contributed by atoms with Gasteiger partial charge in [-0.05, 0) is 19.1 Å². The number of carbonyl (C=O) groups excluding carboxylic acids is 1. The van der Waals surface area contributed by atoms with Gasteiger partial charge >= 0.3 is 5.97 Å². The SMILES string of the molecule is CCOC(=O)CNc1cccc(F)n1. The second-order valence-electron chi connectivity index (χ2n) is 2.50. The van der Waals surface area contributed by atoms with Gasteiger partial charge in [0.05, 0.1) is 6.61 Å². The number of ether oxygens (including phenoxy) is 1. The molecule has 1 N–H and O–H groups in total. The molecule has 1 heterocycles. The molecule has 14 heavy (non-hydrogen) atoms. The number of halogens is 1. The lowest BCUT2D eigenvalue weighted by molar-refractivity contribution is -0.140. The third kappa shape index (κ3) is 3.38. The molecule has 0 radical (unpaired) electrons. The van der Waals surface area contributed by atoms with E-state index in [1.165, 1.54) is 12.1 Å². The predicted octanol–water partition coefficient (Wildman–Crippen LogP) is 1.20. The van der Waals surface area contributed by atoms with Crippen LogP contribution in [0.1, 0.15) is 6.92 Å². The van der Waals surface area contributed by atoms with Gasteiger partial charge in [0.25, 0.3) is 0 Å². The molecule has 1 rings (SSSR count). The highest BCUT2D eigenvalue weighted by Crippen LogP contribution is 2.02. The zero-order valence-corrected chi connectivity index (χ0v) is 7.79. The molecule has 4 nitrogen and oxygen atoms in total. The molecule has 0 bridgehead atoms. The average molecular weight is 198 g/mol. The molecule has 76 valence electrons. The van der Waals surface area contributed by atoms with Gasteiger partial charge in [-0.2, -0.15) is 4.39 Å². The van der Waals surface area contributed by atoms with Gasteiger partial charge in [-0.1, -0.05) is 6.07 Å². The maximum Gasteiger partial charge on any atom is 0.325 e. The number of hydrogen-bond acceptors (Lipinski definition) is 4. The summed E-state index contributed by atoms with van der Waals surface area (Å²) in [6, 6.07) is 4.31. The van der Waals surface area contributed by atoms with Crippen molar-refractivity contribution in [3.63, 3.8) is 0 Å². The number of rotatable bonds is 4. The predicted molar refractivity (Wildman–Crippen MR) is 49.3 cm³/mol. The highest BCUT2D eigenvalue weighted by Gasteiger charge is 2.01. The highest BCUT2D eigenvalue weighted by atomic mass is 19.1. The van der Waals surface area contributed by atoms with Crippen LogP contribution in [0.3, 0.4) is 0 Å². The van der Waals surface area contributed by atoms with Crippen LogP contribution in [-0.4, -0.2) is 24.1 Å². The first-order valence-electron chi connectivity index (χ1n) is 4.24. The van der Waals surface area contributed by atoms with E-state index in [9.17, 15) is 9.18 Å². The lowest BCUT2D eigenvalue weighted by Gasteiger charge is -2.04. The fourth-order valence-electron chi connectivity index (χ4n) is 0.881. The first kappa shape index (κ1) is 10.4. The Hall–Kier alpha value is -1.65. The van der Waals surface area contributed by atoms with Crippen LogP contribution in [0.25, 0.3) is 0 Å². The molecule has 0 aromatic carbocycles. The van der Waals surface area contributed by atoms with Crippen LogP contribution in [0.4, 0.5) is 10.2 Å². The summed E-state index contributed by atoms with van der Waals surface area (Å²) in [5, 5.41) is 2.64. The highest BCUT2D eigenvalue weighted by molar-refractivity contribution is 5.74. The molecule has 0 aliphatic carbocycles. The van der Waals surface area contributed by atoms with Crippen LogP contribution in [0, 0.1) is 5.95 Å². The number of anilines is 1. The smallest absolute Gasteiger partial charge is 0.325 e. The van der Waals surface area contributed by atoms with Gasteiger partial charge < -0.3 is 10.1 Å². The quantitative estimate of drug-likeness (QED) is 0.583. The summed E-state index contributed by atoms with van der Waals surface area (Å²) in [6.07, 6.45) is 0. The first-order chi connectivity index (χ1) is 6.72. The molecular weight excluding hydrogens is 187 g/mol. The summed E-state index contributed by atoms with van der Waals surface area (Å²) in [4.78, 5) is 14.4. The number of esters is 1. The minimum atomic E-state index is -0.584.